The van der Waals surface area contributed by atoms with Crippen molar-refractivity contribution < 1.29 is 14.3 Å². The molecular formula is C12H25NO3. The number of carbonyl (C=O) groups is 1. The van der Waals surface area contributed by atoms with Crippen LogP contribution in [-0.2, 0) is 14.3 Å². The molecule has 1 atom stereocenters. The summed E-state index contributed by atoms with van der Waals surface area (Å²) in [5, 5.41) is 0. The van der Waals surface area contributed by atoms with E-state index in [2.05, 4.69) is 0 Å². The fourth-order valence-electron chi connectivity index (χ4n) is 1.22. The zero-order valence-corrected chi connectivity index (χ0v) is 11.1. The molecule has 1 unspecified atom stereocenters. The van der Waals surface area contributed by atoms with Crippen LogP contribution < -0.4 is 5.73 Å². The summed E-state index contributed by atoms with van der Waals surface area (Å²) in [6.07, 6.45) is 1.32. The molecular weight excluding hydrogens is 206 g/mol. The van der Waals surface area contributed by atoms with Crippen molar-refractivity contribution >= 4 is 5.97 Å². The van der Waals surface area contributed by atoms with Crippen molar-refractivity contribution in [3.63, 3.8) is 0 Å². The van der Waals surface area contributed by atoms with Crippen LogP contribution in [0, 0.1) is 0 Å². The van der Waals surface area contributed by atoms with Gasteiger partial charge in [0.1, 0.15) is 5.54 Å². The molecule has 0 rings (SSSR count). The van der Waals surface area contributed by atoms with Gasteiger partial charge < -0.3 is 15.2 Å². The average molecular weight is 231 g/mol. The van der Waals surface area contributed by atoms with Crippen LogP contribution >= 0.6 is 0 Å². The van der Waals surface area contributed by atoms with Gasteiger partial charge in [-0.1, -0.05) is 0 Å². The van der Waals surface area contributed by atoms with E-state index in [4.69, 9.17) is 15.2 Å². The Morgan fingerprint density at radius 3 is 2.25 bits per heavy atom. The Morgan fingerprint density at radius 2 is 1.81 bits per heavy atom. The summed E-state index contributed by atoms with van der Waals surface area (Å²) in [6, 6.07) is 0. The summed E-state index contributed by atoms with van der Waals surface area (Å²) in [7, 11) is 0. The molecule has 0 amide bonds. The van der Waals surface area contributed by atoms with Crippen LogP contribution in [0.2, 0.25) is 0 Å². The summed E-state index contributed by atoms with van der Waals surface area (Å²) in [6.45, 7) is 10.4. The van der Waals surface area contributed by atoms with Crippen LogP contribution in [0.25, 0.3) is 0 Å². The monoisotopic (exact) mass is 231 g/mol. The fraction of sp³-hybridized carbons (Fsp3) is 0.917. The third kappa shape index (κ3) is 6.80. The molecule has 0 aromatic carbocycles. The molecule has 96 valence electrons. The molecule has 4 heteroatoms. The standard InChI is InChI=1S/C12H25NO3/c1-6-15-10(14)12(5,13)8-7-9-16-11(2,3)4/h6-9,13H2,1-5H3. The second kappa shape index (κ2) is 6.21. The third-order valence-electron chi connectivity index (χ3n) is 2.12. The van der Waals surface area contributed by atoms with Gasteiger partial charge in [-0.2, -0.15) is 0 Å². The quantitative estimate of drug-likeness (QED) is 0.560. The Bertz CT molecular complexity index is 219. The smallest absolute Gasteiger partial charge is 0.325 e. The summed E-state index contributed by atoms with van der Waals surface area (Å²) >= 11 is 0. The van der Waals surface area contributed by atoms with Crippen molar-refractivity contribution in [2.45, 2.75) is 58.6 Å². The van der Waals surface area contributed by atoms with Crippen molar-refractivity contribution in [1.82, 2.24) is 0 Å². The van der Waals surface area contributed by atoms with E-state index in [-0.39, 0.29) is 11.6 Å². The largest absolute Gasteiger partial charge is 0.465 e. The lowest BCUT2D eigenvalue weighted by Crippen LogP contribution is -2.46. The van der Waals surface area contributed by atoms with Gasteiger partial charge >= 0.3 is 5.97 Å². The Balaban J connectivity index is 3.87. The molecule has 0 bridgehead atoms. The van der Waals surface area contributed by atoms with Crippen molar-refractivity contribution in [3.05, 3.63) is 0 Å². The van der Waals surface area contributed by atoms with E-state index in [1.165, 1.54) is 0 Å². The molecule has 4 nitrogen and oxygen atoms in total. The Kier molecular flexibility index (Phi) is 5.97. The number of carbonyl (C=O) groups excluding carboxylic acids is 1. The first kappa shape index (κ1) is 15.4. The minimum atomic E-state index is -0.906. The van der Waals surface area contributed by atoms with Crippen molar-refractivity contribution in [3.8, 4) is 0 Å². The predicted molar refractivity (Wildman–Crippen MR) is 64.2 cm³/mol. The Hall–Kier alpha value is -0.610. The van der Waals surface area contributed by atoms with Crippen molar-refractivity contribution in [2.75, 3.05) is 13.2 Å². The molecule has 0 aromatic heterocycles. The lowest BCUT2D eigenvalue weighted by atomic mass is 9.97. The van der Waals surface area contributed by atoms with Gasteiger partial charge in [0.25, 0.3) is 0 Å². The molecule has 0 aromatic rings. The molecule has 0 aliphatic rings. The van der Waals surface area contributed by atoms with Crippen molar-refractivity contribution in [1.29, 1.82) is 0 Å². The number of esters is 1. The molecule has 0 aliphatic carbocycles. The predicted octanol–water partition coefficient (Wildman–Crippen LogP) is 1.86. The second-order valence-corrected chi connectivity index (χ2v) is 5.20. The molecule has 0 heterocycles. The SMILES string of the molecule is CCOC(=O)C(C)(N)CCCOC(C)(C)C. The van der Waals surface area contributed by atoms with E-state index in [9.17, 15) is 4.79 Å². The van der Waals surface area contributed by atoms with Crippen LogP contribution in [0.1, 0.15) is 47.5 Å². The van der Waals surface area contributed by atoms with Crippen LogP contribution in [0.15, 0.2) is 0 Å². The fourth-order valence-corrected chi connectivity index (χ4v) is 1.22. The summed E-state index contributed by atoms with van der Waals surface area (Å²) in [5.41, 5.74) is 4.82. The Morgan fingerprint density at radius 1 is 1.25 bits per heavy atom. The highest BCUT2D eigenvalue weighted by Gasteiger charge is 2.29. The van der Waals surface area contributed by atoms with E-state index in [1.54, 1.807) is 13.8 Å². The molecule has 0 fully saturated rings. The lowest BCUT2D eigenvalue weighted by molar-refractivity contribution is -0.149. The maximum Gasteiger partial charge on any atom is 0.325 e. The van der Waals surface area contributed by atoms with Crippen LogP contribution in [0.3, 0.4) is 0 Å². The molecule has 0 saturated carbocycles. The summed E-state index contributed by atoms with van der Waals surface area (Å²) in [5.74, 6) is -0.342. The highest BCUT2D eigenvalue weighted by Crippen LogP contribution is 2.13. The Labute approximate surface area is 98.5 Å². The highest BCUT2D eigenvalue weighted by molar-refractivity contribution is 5.79. The first-order valence-electron chi connectivity index (χ1n) is 5.79. The number of hydrogen-bond acceptors (Lipinski definition) is 4. The van der Waals surface area contributed by atoms with E-state index < -0.39 is 5.54 Å². The van der Waals surface area contributed by atoms with Crippen LogP contribution in [-0.4, -0.2) is 30.3 Å². The van der Waals surface area contributed by atoms with Crippen LogP contribution in [0.4, 0.5) is 0 Å². The number of ether oxygens (including phenoxy) is 2. The van der Waals surface area contributed by atoms with E-state index in [0.717, 1.165) is 6.42 Å². The van der Waals surface area contributed by atoms with Gasteiger partial charge in [0.2, 0.25) is 0 Å². The summed E-state index contributed by atoms with van der Waals surface area (Å²) < 4.78 is 10.5. The minimum absolute atomic E-state index is 0.144. The second-order valence-electron chi connectivity index (χ2n) is 5.20. The molecule has 0 spiro atoms. The average Bonchev–Trinajstić information content (AvgIpc) is 2.11. The van der Waals surface area contributed by atoms with Gasteiger partial charge in [-0.05, 0) is 47.5 Å². The van der Waals surface area contributed by atoms with E-state index >= 15 is 0 Å². The molecule has 2 N–H and O–H groups in total. The van der Waals surface area contributed by atoms with Crippen LogP contribution in [0.5, 0.6) is 0 Å². The molecule has 0 aliphatic heterocycles. The van der Waals surface area contributed by atoms with E-state index in [1.807, 2.05) is 20.8 Å². The summed E-state index contributed by atoms with van der Waals surface area (Å²) in [4.78, 5) is 11.5. The zero-order valence-electron chi connectivity index (χ0n) is 11.1. The van der Waals surface area contributed by atoms with Gasteiger partial charge in [-0.15, -0.1) is 0 Å². The third-order valence-corrected chi connectivity index (χ3v) is 2.12. The van der Waals surface area contributed by atoms with E-state index in [0.29, 0.717) is 19.6 Å². The maximum absolute atomic E-state index is 11.5. The highest BCUT2D eigenvalue weighted by atomic mass is 16.5. The number of nitrogens with two attached hydrogens (primary N) is 1. The first-order valence-corrected chi connectivity index (χ1v) is 5.79. The van der Waals surface area contributed by atoms with Gasteiger partial charge in [0.15, 0.2) is 0 Å². The van der Waals surface area contributed by atoms with Gasteiger partial charge in [-0.25, -0.2) is 0 Å². The molecule has 0 saturated heterocycles. The topological polar surface area (TPSA) is 61.5 Å². The van der Waals surface area contributed by atoms with Gasteiger partial charge in [0.05, 0.1) is 12.2 Å². The molecule has 0 radical (unpaired) electrons. The maximum atomic E-state index is 11.5. The van der Waals surface area contributed by atoms with Gasteiger partial charge in [-0.3, -0.25) is 4.79 Å². The molecule has 16 heavy (non-hydrogen) atoms. The number of rotatable bonds is 6. The minimum Gasteiger partial charge on any atom is -0.465 e. The zero-order chi connectivity index (χ0) is 12.8. The van der Waals surface area contributed by atoms with Gasteiger partial charge in [0, 0.05) is 6.61 Å². The van der Waals surface area contributed by atoms with Crippen molar-refractivity contribution in [2.24, 2.45) is 5.73 Å². The first-order chi connectivity index (χ1) is 7.19. The normalized spacial score (nSPS) is 15.6. The lowest BCUT2D eigenvalue weighted by Gasteiger charge is -2.24. The number of hydrogen-bond donors (Lipinski definition) is 1.